The van der Waals surface area contributed by atoms with Gasteiger partial charge in [-0.15, -0.1) is 0 Å². The van der Waals surface area contributed by atoms with Crippen molar-refractivity contribution in [3.8, 4) is 0 Å². The number of halogens is 1. The molecular formula is C20H23ClN4O2. The van der Waals surface area contributed by atoms with E-state index >= 15 is 0 Å². The number of carbonyl (C=O) groups is 2. The Kier molecular flexibility index (Phi) is 4.68. The van der Waals surface area contributed by atoms with Crippen LogP contribution in [0.2, 0.25) is 5.02 Å². The van der Waals surface area contributed by atoms with Crippen molar-refractivity contribution in [1.29, 1.82) is 0 Å². The maximum Gasteiger partial charge on any atom is 0.344 e. The van der Waals surface area contributed by atoms with E-state index in [-0.39, 0.29) is 11.8 Å². The molecule has 1 saturated carbocycles. The Hall–Kier alpha value is -2.34. The molecule has 1 aromatic heterocycles. The molecular weight excluding hydrogens is 364 g/mol. The van der Waals surface area contributed by atoms with E-state index in [1.165, 1.54) is 11.6 Å². The van der Waals surface area contributed by atoms with Crippen molar-refractivity contribution in [2.24, 2.45) is 11.8 Å². The molecule has 2 aliphatic rings. The molecule has 0 unspecified atom stereocenters. The summed E-state index contributed by atoms with van der Waals surface area (Å²) >= 11 is 6.12. The summed E-state index contributed by atoms with van der Waals surface area (Å²) in [7, 11) is 2.12. The Morgan fingerprint density at radius 1 is 1.19 bits per heavy atom. The molecule has 27 heavy (non-hydrogen) atoms. The van der Waals surface area contributed by atoms with Gasteiger partial charge in [0.25, 0.3) is 0 Å². The predicted octanol–water partition coefficient (Wildman–Crippen LogP) is 3.55. The van der Waals surface area contributed by atoms with E-state index in [2.05, 4.69) is 23.1 Å². The van der Waals surface area contributed by atoms with E-state index in [4.69, 9.17) is 11.6 Å². The zero-order valence-electron chi connectivity index (χ0n) is 15.5. The van der Waals surface area contributed by atoms with Crippen LogP contribution in [0.25, 0.3) is 0 Å². The summed E-state index contributed by atoms with van der Waals surface area (Å²) in [4.78, 5) is 28.2. The molecule has 0 radical (unpaired) electrons. The first-order valence-electron chi connectivity index (χ1n) is 9.26. The van der Waals surface area contributed by atoms with Gasteiger partial charge in [0.1, 0.15) is 5.69 Å². The minimum Gasteiger partial charge on any atom is -0.372 e. The van der Waals surface area contributed by atoms with Crippen LogP contribution in [0.1, 0.15) is 30.3 Å². The van der Waals surface area contributed by atoms with Crippen LogP contribution in [0.15, 0.2) is 36.5 Å². The summed E-state index contributed by atoms with van der Waals surface area (Å²) < 4.78 is 1.29. The van der Waals surface area contributed by atoms with Gasteiger partial charge < -0.3 is 9.80 Å². The second-order valence-electron chi connectivity index (χ2n) is 7.63. The Bertz CT molecular complexity index is 866. The molecule has 3 atom stereocenters. The number of hydrogen-bond donors (Lipinski definition) is 0. The number of likely N-dealkylation sites (tertiary alicyclic amines) is 1. The Labute approximate surface area is 163 Å². The molecule has 4 rings (SSSR count). The van der Waals surface area contributed by atoms with Crippen molar-refractivity contribution in [3.63, 3.8) is 0 Å². The SMILES string of the molecule is CC(=O)c1ccn(C(=O)N2C[C@H]3C[C@H](N(C)c4cccc(Cl)c4)C[C@H]3C2)n1. The van der Waals surface area contributed by atoms with E-state index in [0.717, 1.165) is 36.6 Å². The minimum absolute atomic E-state index is 0.133. The number of hydrogen-bond acceptors (Lipinski definition) is 4. The van der Waals surface area contributed by atoms with Crippen molar-refractivity contribution in [2.75, 3.05) is 25.0 Å². The fraction of sp³-hybridized carbons (Fsp3) is 0.450. The predicted molar refractivity (Wildman–Crippen MR) is 104 cm³/mol. The molecule has 2 aromatic rings. The maximum atomic E-state index is 12.7. The lowest BCUT2D eigenvalue weighted by atomic mass is 10.0. The van der Waals surface area contributed by atoms with E-state index < -0.39 is 0 Å². The third-order valence-electron chi connectivity index (χ3n) is 5.91. The first kappa shape index (κ1) is 18.0. The van der Waals surface area contributed by atoms with Gasteiger partial charge in [-0.25, -0.2) is 4.79 Å². The van der Waals surface area contributed by atoms with Crippen molar-refractivity contribution in [3.05, 3.63) is 47.2 Å². The van der Waals surface area contributed by atoms with E-state index in [1.54, 1.807) is 12.3 Å². The molecule has 2 fully saturated rings. The van der Waals surface area contributed by atoms with Gasteiger partial charge in [0.15, 0.2) is 5.78 Å². The smallest absolute Gasteiger partial charge is 0.344 e. The third kappa shape index (κ3) is 3.46. The van der Waals surface area contributed by atoms with E-state index in [9.17, 15) is 9.59 Å². The normalized spacial score (nSPS) is 24.1. The number of anilines is 1. The highest BCUT2D eigenvalue weighted by atomic mass is 35.5. The molecule has 1 aromatic carbocycles. The molecule has 0 bridgehead atoms. The molecule has 2 heterocycles. The van der Waals surface area contributed by atoms with Gasteiger partial charge in [0.2, 0.25) is 0 Å². The number of amides is 1. The Morgan fingerprint density at radius 3 is 2.48 bits per heavy atom. The molecule has 1 aliphatic heterocycles. The molecule has 7 heteroatoms. The lowest BCUT2D eigenvalue weighted by Gasteiger charge is -2.28. The summed E-state index contributed by atoms with van der Waals surface area (Å²) in [6, 6.07) is 9.85. The first-order chi connectivity index (χ1) is 12.9. The van der Waals surface area contributed by atoms with Gasteiger partial charge in [0, 0.05) is 50.0 Å². The molecule has 1 aliphatic carbocycles. The number of rotatable bonds is 3. The number of aromatic nitrogens is 2. The molecule has 1 amide bonds. The van der Waals surface area contributed by atoms with Crippen LogP contribution in [-0.4, -0.2) is 52.7 Å². The third-order valence-corrected chi connectivity index (χ3v) is 6.14. The Morgan fingerprint density at radius 2 is 1.89 bits per heavy atom. The van der Waals surface area contributed by atoms with Gasteiger partial charge in [-0.3, -0.25) is 4.79 Å². The van der Waals surface area contributed by atoms with Gasteiger partial charge in [-0.05, 0) is 48.9 Å². The van der Waals surface area contributed by atoms with Crippen molar-refractivity contribution in [2.45, 2.75) is 25.8 Å². The number of fused-ring (bicyclic) bond motifs is 1. The maximum absolute atomic E-state index is 12.7. The highest BCUT2D eigenvalue weighted by molar-refractivity contribution is 6.30. The van der Waals surface area contributed by atoms with Crippen LogP contribution in [0.3, 0.4) is 0 Å². The van der Waals surface area contributed by atoms with Gasteiger partial charge >= 0.3 is 6.03 Å². The van der Waals surface area contributed by atoms with Gasteiger partial charge in [0.05, 0.1) is 0 Å². The average molecular weight is 387 g/mol. The first-order valence-corrected chi connectivity index (χ1v) is 9.64. The highest BCUT2D eigenvalue weighted by Gasteiger charge is 2.44. The molecule has 1 saturated heterocycles. The van der Waals surface area contributed by atoms with Crippen molar-refractivity contribution < 1.29 is 9.59 Å². The summed E-state index contributed by atoms with van der Waals surface area (Å²) in [5, 5.41) is 4.84. The van der Waals surface area contributed by atoms with E-state index in [1.807, 2.05) is 23.1 Å². The second-order valence-corrected chi connectivity index (χ2v) is 8.06. The van der Waals surface area contributed by atoms with Gasteiger partial charge in [-0.2, -0.15) is 9.78 Å². The molecule has 6 nitrogen and oxygen atoms in total. The fourth-order valence-corrected chi connectivity index (χ4v) is 4.59. The molecule has 0 N–H and O–H groups in total. The number of benzene rings is 1. The summed E-state index contributed by atoms with van der Waals surface area (Å²) in [6.45, 7) is 2.95. The number of Topliss-reactive ketones (excluding diaryl/α,β-unsaturated/α-hetero) is 1. The molecule has 0 spiro atoms. The average Bonchev–Trinajstić information content (AvgIpc) is 3.34. The minimum atomic E-state index is -0.142. The van der Waals surface area contributed by atoms with Crippen LogP contribution in [0.4, 0.5) is 10.5 Å². The highest BCUT2D eigenvalue weighted by Crippen LogP contribution is 2.41. The topological polar surface area (TPSA) is 58.4 Å². The van der Waals surface area contributed by atoms with Crippen LogP contribution >= 0.6 is 11.6 Å². The van der Waals surface area contributed by atoms with Crippen LogP contribution in [0, 0.1) is 11.8 Å². The summed E-state index contributed by atoms with van der Waals surface area (Å²) in [5.74, 6) is 0.874. The molecule has 142 valence electrons. The fourth-order valence-electron chi connectivity index (χ4n) is 4.41. The zero-order valence-corrected chi connectivity index (χ0v) is 16.3. The lowest BCUT2D eigenvalue weighted by molar-refractivity contribution is 0.101. The Balaban J connectivity index is 1.39. The van der Waals surface area contributed by atoms with Crippen molar-refractivity contribution >= 4 is 29.1 Å². The van der Waals surface area contributed by atoms with E-state index in [0.29, 0.717) is 23.6 Å². The number of ketones is 1. The standard InChI is InChI=1S/C20H23ClN4O2/c1-13(26)19-6-7-25(22-19)20(27)24-11-14-8-18(9-15(14)12-24)23(2)17-5-3-4-16(21)10-17/h3-7,10,14-15,18H,8-9,11-12H2,1-2H3/t14-,15+,18+. The quantitative estimate of drug-likeness (QED) is 0.757. The van der Waals surface area contributed by atoms with Crippen LogP contribution in [-0.2, 0) is 0 Å². The lowest BCUT2D eigenvalue weighted by Crippen LogP contribution is -2.36. The van der Waals surface area contributed by atoms with Crippen LogP contribution < -0.4 is 4.90 Å². The monoisotopic (exact) mass is 386 g/mol. The largest absolute Gasteiger partial charge is 0.372 e. The van der Waals surface area contributed by atoms with Crippen molar-refractivity contribution in [1.82, 2.24) is 14.7 Å². The summed E-state index contributed by atoms with van der Waals surface area (Å²) in [5.41, 5.74) is 1.46. The number of carbonyl (C=O) groups excluding carboxylic acids is 2. The zero-order chi connectivity index (χ0) is 19.1. The van der Waals surface area contributed by atoms with Gasteiger partial charge in [-0.1, -0.05) is 17.7 Å². The summed E-state index contributed by atoms with van der Waals surface area (Å²) in [6.07, 6.45) is 3.70. The second kappa shape index (κ2) is 7.00. The number of nitrogens with zero attached hydrogens (tertiary/aromatic N) is 4. The van der Waals surface area contributed by atoms with Crippen LogP contribution in [0.5, 0.6) is 0 Å².